The Labute approximate surface area is 217 Å². The number of hydrogen-bond acceptors (Lipinski definition) is 2. The summed E-state index contributed by atoms with van der Waals surface area (Å²) in [5, 5.41) is 11.1. The lowest BCUT2D eigenvalue weighted by Gasteiger charge is -2.33. The zero-order chi connectivity index (χ0) is 26.1. The van der Waals surface area contributed by atoms with Crippen molar-refractivity contribution < 1.29 is 9.68 Å². The molecule has 1 N–H and O–H groups in total. The Kier molecular flexibility index (Phi) is 9.84. The Balaban J connectivity index is 2.01. The number of aliphatic hydroxyl groups is 1. The summed E-state index contributed by atoms with van der Waals surface area (Å²) in [6.45, 7) is 12.6. The van der Waals surface area contributed by atoms with E-state index in [9.17, 15) is 5.11 Å². The van der Waals surface area contributed by atoms with Gasteiger partial charge in [-0.3, -0.25) is 0 Å². The molecule has 3 heteroatoms. The Bertz CT molecular complexity index is 1180. The monoisotopic (exact) mass is 481 g/mol. The molecule has 0 amide bonds. The maximum absolute atomic E-state index is 11.1. The zero-order valence-electron chi connectivity index (χ0n) is 22.6. The van der Waals surface area contributed by atoms with Crippen molar-refractivity contribution in [3.63, 3.8) is 0 Å². The molecule has 0 aliphatic rings. The number of hydrogen-bond donors (Lipinski definition) is 1. The highest BCUT2D eigenvalue weighted by Crippen LogP contribution is 2.27. The first kappa shape index (κ1) is 27.2. The Hall–Kier alpha value is -3.43. The molecular weight excluding hydrogens is 440 g/mol. The number of rotatable bonds is 10. The Morgan fingerprint density at radius 2 is 1.36 bits per heavy atom. The minimum absolute atomic E-state index is 0.114. The van der Waals surface area contributed by atoms with Gasteiger partial charge in [-0.25, -0.2) is 4.58 Å². The van der Waals surface area contributed by atoms with Gasteiger partial charge in [0.25, 0.3) is 0 Å². The second kappa shape index (κ2) is 13.0. The van der Waals surface area contributed by atoms with Gasteiger partial charge in [-0.2, -0.15) is 0 Å². The van der Waals surface area contributed by atoms with E-state index < -0.39 is 6.10 Å². The molecule has 0 aliphatic carbocycles. The quantitative estimate of drug-likeness (QED) is 0.196. The zero-order valence-corrected chi connectivity index (χ0v) is 22.6. The second-order valence-electron chi connectivity index (χ2n) is 9.41. The molecule has 0 fully saturated rings. The molecule has 3 rings (SSSR count). The van der Waals surface area contributed by atoms with E-state index in [1.807, 2.05) is 30.3 Å². The standard InChI is InChI=1S/C33H41N2O/c1-7-35(8-2)32(29-23-19-26(4)20-24-29)16-12-15-31(28-21-17-25(3)18-22-28)34(6)27(5)33(36)30-13-10-9-11-14-30/h9-24,27,33,36H,7-8H2,1-6H3/q+1/t27-,33-/m1/s1. The fraction of sp³-hybridized carbons (Fsp3) is 0.303. The van der Waals surface area contributed by atoms with Crippen LogP contribution < -0.4 is 0 Å². The predicted octanol–water partition coefficient (Wildman–Crippen LogP) is 6.80. The van der Waals surface area contributed by atoms with Crippen molar-refractivity contribution in [2.24, 2.45) is 0 Å². The van der Waals surface area contributed by atoms with E-state index in [-0.39, 0.29) is 6.04 Å². The third-order valence-corrected chi connectivity index (χ3v) is 6.90. The lowest BCUT2D eigenvalue weighted by Crippen LogP contribution is -2.33. The van der Waals surface area contributed by atoms with Crippen LogP contribution in [0.5, 0.6) is 0 Å². The lowest BCUT2D eigenvalue weighted by atomic mass is 10.0. The van der Waals surface area contributed by atoms with Crippen molar-refractivity contribution in [1.82, 2.24) is 4.90 Å². The fourth-order valence-electron chi connectivity index (χ4n) is 4.40. The van der Waals surface area contributed by atoms with Crippen LogP contribution in [0.15, 0.2) is 97.1 Å². The summed E-state index contributed by atoms with van der Waals surface area (Å²) in [5.41, 5.74) is 8.02. The van der Waals surface area contributed by atoms with Crippen LogP contribution in [0.4, 0.5) is 0 Å². The van der Waals surface area contributed by atoms with E-state index >= 15 is 0 Å². The van der Waals surface area contributed by atoms with E-state index in [4.69, 9.17) is 0 Å². The SMILES string of the molecule is CC[N+](CC)=C(/C=C/C=C(/c1ccc(C)cc1)N(C)[C@H](C)[C@@H](O)c1ccccc1)c1ccc(C)cc1. The molecule has 0 aromatic heterocycles. The molecule has 3 aromatic carbocycles. The molecule has 188 valence electrons. The molecule has 2 atom stereocenters. The summed E-state index contributed by atoms with van der Waals surface area (Å²) in [5.74, 6) is 0. The summed E-state index contributed by atoms with van der Waals surface area (Å²) < 4.78 is 2.38. The van der Waals surface area contributed by atoms with E-state index in [0.29, 0.717) is 0 Å². The van der Waals surface area contributed by atoms with Crippen LogP contribution in [-0.2, 0) is 0 Å². The van der Waals surface area contributed by atoms with E-state index in [2.05, 4.69) is 118 Å². The topological polar surface area (TPSA) is 26.5 Å². The van der Waals surface area contributed by atoms with E-state index in [1.54, 1.807) is 0 Å². The molecule has 0 unspecified atom stereocenters. The molecule has 0 aliphatic heterocycles. The first-order chi connectivity index (χ1) is 17.3. The van der Waals surface area contributed by atoms with E-state index in [1.165, 1.54) is 22.4 Å². The number of allylic oxidation sites excluding steroid dienone is 3. The molecule has 0 saturated heterocycles. The third-order valence-electron chi connectivity index (χ3n) is 6.90. The van der Waals surface area contributed by atoms with Gasteiger partial charge in [-0.1, -0.05) is 83.9 Å². The van der Waals surface area contributed by atoms with Gasteiger partial charge in [-0.05, 0) is 64.0 Å². The van der Waals surface area contributed by atoms with Crippen molar-refractivity contribution in [2.75, 3.05) is 20.1 Å². The van der Waals surface area contributed by atoms with Gasteiger partial charge in [0.1, 0.15) is 13.1 Å². The molecule has 0 spiro atoms. The van der Waals surface area contributed by atoms with Gasteiger partial charge < -0.3 is 10.0 Å². The number of nitrogens with zero attached hydrogens (tertiary/aromatic N) is 2. The van der Waals surface area contributed by atoms with Gasteiger partial charge in [0.2, 0.25) is 5.71 Å². The smallest absolute Gasteiger partial charge is 0.207 e. The number of benzene rings is 3. The lowest BCUT2D eigenvalue weighted by molar-refractivity contribution is -0.519. The average molecular weight is 482 g/mol. The second-order valence-corrected chi connectivity index (χ2v) is 9.41. The molecule has 3 aromatic rings. The molecule has 3 nitrogen and oxygen atoms in total. The van der Waals surface area contributed by atoms with Crippen LogP contribution in [0.3, 0.4) is 0 Å². The highest BCUT2D eigenvalue weighted by molar-refractivity contribution is 6.05. The summed E-state index contributed by atoms with van der Waals surface area (Å²) in [4.78, 5) is 2.18. The van der Waals surface area contributed by atoms with Crippen molar-refractivity contribution in [3.8, 4) is 0 Å². The van der Waals surface area contributed by atoms with Crippen molar-refractivity contribution >= 4 is 11.4 Å². The Morgan fingerprint density at radius 3 is 1.89 bits per heavy atom. The molecule has 0 saturated carbocycles. The molecule has 36 heavy (non-hydrogen) atoms. The van der Waals surface area contributed by atoms with Gasteiger partial charge in [0.15, 0.2) is 0 Å². The summed E-state index contributed by atoms with van der Waals surface area (Å²) in [7, 11) is 2.06. The van der Waals surface area contributed by atoms with Crippen LogP contribution >= 0.6 is 0 Å². The normalized spacial score (nSPS) is 13.5. The summed E-state index contributed by atoms with van der Waals surface area (Å²) >= 11 is 0. The maximum atomic E-state index is 11.1. The minimum Gasteiger partial charge on any atom is -0.386 e. The first-order valence-corrected chi connectivity index (χ1v) is 13.0. The first-order valence-electron chi connectivity index (χ1n) is 13.0. The number of aliphatic hydroxyl groups excluding tert-OH is 1. The average Bonchev–Trinajstić information content (AvgIpc) is 2.91. The maximum Gasteiger partial charge on any atom is 0.207 e. The highest BCUT2D eigenvalue weighted by Gasteiger charge is 2.22. The minimum atomic E-state index is -0.598. The van der Waals surface area contributed by atoms with Crippen LogP contribution in [0.1, 0.15) is 54.7 Å². The summed E-state index contributed by atoms with van der Waals surface area (Å²) in [6, 6.07) is 27.1. The van der Waals surface area contributed by atoms with Crippen molar-refractivity contribution in [1.29, 1.82) is 0 Å². The van der Waals surface area contributed by atoms with Gasteiger partial charge in [-0.15, -0.1) is 0 Å². The highest BCUT2D eigenvalue weighted by atomic mass is 16.3. The van der Waals surface area contributed by atoms with Crippen LogP contribution in [0, 0.1) is 13.8 Å². The van der Waals surface area contributed by atoms with Gasteiger partial charge in [0, 0.05) is 24.4 Å². The molecular formula is C33H41N2O+. The molecule has 0 radical (unpaired) electrons. The van der Waals surface area contributed by atoms with Gasteiger partial charge in [0.05, 0.1) is 12.1 Å². The molecule has 0 bridgehead atoms. The van der Waals surface area contributed by atoms with Crippen molar-refractivity contribution in [2.45, 2.75) is 46.8 Å². The fourth-order valence-corrected chi connectivity index (χ4v) is 4.40. The third kappa shape index (κ3) is 6.83. The van der Waals surface area contributed by atoms with E-state index in [0.717, 1.165) is 29.9 Å². The van der Waals surface area contributed by atoms with Crippen LogP contribution in [0.2, 0.25) is 0 Å². The number of likely N-dealkylation sites (N-methyl/N-ethyl adjacent to an activating group) is 1. The molecule has 0 heterocycles. The largest absolute Gasteiger partial charge is 0.386 e. The van der Waals surface area contributed by atoms with Gasteiger partial charge >= 0.3 is 0 Å². The number of aryl methyl sites for hydroxylation is 2. The van der Waals surface area contributed by atoms with Crippen LogP contribution in [-0.4, -0.2) is 46.5 Å². The Morgan fingerprint density at radius 1 is 0.833 bits per heavy atom. The van der Waals surface area contributed by atoms with Crippen molar-refractivity contribution in [3.05, 3.63) is 125 Å². The van der Waals surface area contributed by atoms with Crippen LogP contribution in [0.25, 0.3) is 5.70 Å². The summed E-state index contributed by atoms with van der Waals surface area (Å²) in [6.07, 6.45) is 5.91. The predicted molar refractivity (Wildman–Crippen MR) is 154 cm³/mol.